The molecule has 2 N–H and O–H groups in total. The van der Waals surface area contributed by atoms with E-state index in [0.29, 0.717) is 6.54 Å². The molecule has 98 valence electrons. The van der Waals surface area contributed by atoms with Crippen LogP contribution < -0.4 is 10.6 Å². The first kappa shape index (κ1) is 12.5. The van der Waals surface area contributed by atoms with Crippen LogP contribution in [0.25, 0.3) is 0 Å². The van der Waals surface area contributed by atoms with Crippen molar-refractivity contribution >= 4 is 17.3 Å². The topological polar surface area (TPSA) is 29.3 Å². The van der Waals surface area contributed by atoms with Gasteiger partial charge in [-0.05, 0) is 35.2 Å². The molecule has 1 aliphatic rings. The Morgan fingerprint density at radius 2 is 2.00 bits per heavy atom. The van der Waals surface area contributed by atoms with Crippen molar-refractivity contribution < 1.29 is 0 Å². The molecule has 0 atom stereocenters. The molecule has 19 heavy (non-hydrogen) atoms. The van der Waals surface area contributed by atoms with E-state index < -0.39 is 0 Å². The minimum atomic E-state index is 0.534. The summed E-state index contributed by atoms with van der Waals surface area (Å²) >= 11 is 6.33. The Balaban J connectivity index is 1.83. The van der Waals surface area contributed by atoms with Crippen molar-refractivity contribution in [2.75, 3.05) is 11.4 Å². The molecule has 0 aliphatic carbocycles. The Hall–Kier alpha value is -1.51. The van der Waals surface area contributed by atoms with Crippen molar-refractivity contribution in [2.24, 2.45) is 5.73 Å². The lowest BCUT2D eigenvalue weighted by Crippen LogP contribution is -2.19. The quantitative estimate of drug-likeness (QED) is 0.928. The number of para-hydroxylation sites is 1. The second-order valence-corrected chi connectivity index (χ2v) is 5.34. The number of fused-ring (bicyclic) bond motifs is 1. The van der Waals surface area contributed by atoms with E-state index in [9.17, 15) is 0 Å². The van der Waals surface area contributed by atoms with Gasteiger partial charge in [0.2, 0.25) is 0 Å². The number of nitrogens with two attached hydrogens (primary N) is 1. The minimum absolute atomic E-state index is 0.534. The first-order valence-electron chi connectivity index (χ1n) is 6.58. The van der Waals surface area contributed by atoms with Gasteiger partial charge in [-0.3, -0.25) is 0 Å². The minimum Gasteiger partial charge on any atom is -0.367 e. The summed E-state index contributed by atoms with van der Waals surface area (Å²) in [5.74, 6) is 0. The molecule has 0 saturated heterocycles. The zero-order chi connectivity index (χ0) is 13.2. The molecule has 0 spiro atoms. The van der Waals surface area contributed by atoms with Crippen molar-refractivity contribution in [3.63, 3.8) is 0 Å². The maximum Gasteiger partial charge on any atom is 0.0459 e. The molecule has 0 aromatic heterocycles. The van der Waals surface area contributed by atoms with Crippen LogP contribution in [0.4, 0.5) is 5.69 Å². The lowest BCUT2D eigenvalue weighted by molar-refractivity contribution is 0.835. The van der Waals surface area contributed by atoms with Crippen molar-refractivity contribution in [3.05, 3.63) is 64.2 Å². The summed E-state index contributed by atoms with van der Waals surface area (Å²) in [4.78, 5) is 2.39. The maximum absolute atomic E-state index is 6.33. The lowest BCUT2D eigenvalue weighted by Gasteiger charge is -2.20. The largest absolute Gasteiger partial charge is 0.367 e. The Labute approximate surface area is 118 Å². The van der Waals surface area contributed by atoms with E-state index in [1.807, 2.05) is 6.07 Å². The highest BCUT2D eigenvalue weighted by atomic mass is 35.5. The summed E-state index contributed by atoms with van der Waals surface area (Å²) in [6.45, 7) is 2.46. The molecule has 0 bridgehead atoms. The SMILES string of the molecule is NCc1ccc(CN2CCc3ccccc32)c(Cl)c1. The van der Waals surface area contributed by atoms with E-state index in [-0.39, 0.29) is 0 Å². The summed E-state index contributed by atoms with van der Waals surface area (Å²) in [5, 5.41) is 0.812. The van der Waals surface area contributed by atoms with Crippen LogP contribution in [0, 0.1) is 0 Å². The van der Waals surface area contributed by atoms with Gasteiger partial charge in [-0.15, -0.1) is 0 Å². The van der Waals surface area contributed by atoms with Crippen LogP contribution in [0.1, 0.15) is 16.7 Å². The summed E-state index contributed by atoms with van der Waals surface area (Å²) in [6.07, 6.45) is 1.12. The standard InChI is InChI=1S/C16H17ClN2/c17-15-9-12(10-18)5-6-14(15)11-19-8-7-13-3-1-2-4-16(13)19/h1-6,9H,7-8,10-11,18H2. The third-order valence-corrected chi connectivity index (χ3v) is 4.05. The van der Waals surface area contributed by atoms with Gasteiger partial charge in [-0.2, -0.15) is 0 Å². The molecule has 0 saturated carbocycles. The van der Waals surface area contributed by atoms with E-state index in [1.165, 1.54) is 11.3 Å². The fourth-order valence-corrected chi connectivity index (χ4v) is 2.89. The monoisotopic (exact) mass is 272 g/mol. The van der Waals surface area contributed by atoms with E-state index in [0.717, 1.165) is 35.7 Å². The van der Waals surface area contributed by atoms with Crippen molar-refractivity contribution in [1.29, 1.82) is 0 Å². The number of benzene rings is 2. The predicted molar refractivity (Wildman–Crippen MR) is 80.5 cm³/mol. The highest BCUT2D eigenvalue weighted by molar-refractivity contribution is 6.31. The van der Waals surface area contributed by atoms with Crippen LogP contribution in [0.3, 0.4) is 0 Å². The second kappa shape index (κ2) is 5.24. The molecule has 0 fully saturated rings. The Kier molecular flexibility index (Phi) is 3.45. The van der Waals surface area contributed by atoms with Gasteiger partial charge in [0, 0.05) is 30.3 Å². The molecule has 2 aromatic carbocycles. The van der Waals surface area contributed by atoms with Gasteiger partial charge in [0.1, 0.15) is 0 Å². The fraction of sp³-hybridized carbons (Fsp3) is 0.250. The Morgan fingerprint density at radius 3 is 2.79 bits per heavy atom. The highest BCUT2D eigenvalue weighted by Gasteiger charge is 2.18. The predicted octanol–water partition coefficient (Wildman–Crippen LogP) is 3.36. The van der Waals surface area contributed by atoms with E-state index in [4.69, 9.17) is 17.3 Å². The van der Waals surface area contributed by atoms with Crippen LogP contribution in [0.15, 0.2) is 42.5 Å². The molecular weight excluding hydrogens is 256 g/mol. The number of nitrogens with zero attached hydrogens (tertiary/aromatic N) is 1. The summed E-state index contributed by atoms with van der Waals surface area (Å²) in [7, 11) is 0. The third-order valence-electron chi connectivity index (χ3n) is 3.70. The highest BCUT2D eigenvalue weighted by Crippen LogP contribution is 2.30. The summed E-state index contributed by atoms with van der Waals surface area (Å²) in [6, 6.07) is 14.7. The molecule has 2 aromatic rings. The molecule has 3 rings (SSSR count). The van der Waals surface area contributed by atoms with Gasteiger partial charge < -0.3 is 10.6 Å². The molecular formula is C16H17ClN2. The van der Waals surface area contributed by atoms with Gasteiger partial charge >= 0.3 is 0 Å². The number of hydrogen-bond donors (Lipinski definition) is 1. The zero-order valence-electron chi connectivity index (χ0n) is 10.8. The molecule has 0 amide bonds. The summed E-state index contributed by atoms with van der Waals surface area (Å²) in [5.41, 5.74) is 10.6. The molecule has 1 aliphatic heterocycles. The zero-order valence-corrected chi connectivity index (χ0v) is 11.5. The van der Waals surface area contributed by atoms with E-state index >= 15 is 0 Å². The molecule has 0 unspecified atom stereocenters. The Morgan fingerprint density at radius 1 is 1.16 bits per heavy atom. The first-order valence-corrected chi connectivity index (χ1v) is 6.96. The lowest BCUT2D eigenvalue weighted by atomic mass is 10.1. The Bertz CT molecular complexity index is 595. The third kappa shape index (κ3) is 2.46. The van der Waals surface area contributed by atoms with Crippen LogP contribution in [0.5, 0.6) is 0 Å². The average molecular weight is 273 g/mol. The molecule has 1 heterocycles. The van der Waals surface area contributed by atoms with Crippen molar-refractivity contribution in [1.82, 2.24) is 0 Å². The van der Waals surface area contributed by atoms with E-state index in [1.54, 1.807) is 0 Å². The second-order valence-electron chi connectivity index (χ2n) is 4.93. The van der Waals surface area contributed by atoms with Crippen molar-refractivity contribution in [2.45, 2.75) is 19.5 Å². The van der Waals surface area contributed by atoms with Crippen LogP contribution in [0.2, 0.25) is 5.02 Å². The van der Waals surface area contributed by atoms with E-state index in [2.05, 4.69) is 41.3 Å². The summed E-state index contributed by atoms with van der Waals surface area (Å²) < 4.78 is 0. The molecule has 3 heteroatoms. The average Bonchev–Trinajstić information content (AvgIpc) is 2.84. The fourth-order valence-electron chi connectivity index (χ4n) is 2.62. The van der Waals surface area contributed by atoms with Gasteiger partial charge in [-0.1, -0.05) is 41.9 Å². The van der Waals surface area contributed by atoms with Crippen LogP contribution in [-0.4, -0.2) is 6.54 Å². The van der Waals surface area contributed by atoms with Gasteiger partial charge in [0.05, 0.1) is 0 Å². The normalized spacial score (nSPS) is 13.7. The first-order chi connectivity index (χ1) is 9.28. The number of anilines is 1. The smallest absolute Gasteiger partial charge is 0.0459 e. The van der Waals surface area contributed by atoms with Crippen LogP contribution in [-0.2, 0) is 19.5 Å². The van der Waals surface area contributed by atoms with Gasteiger partial charge in [0.15, 0.2) is 0 Å². The number of halogens is 1. The number of hydrogen-bond acceptors (Lipinski definition) is 2. The van der Waals surface area contributed by atoms with Gasteiger partial charge in [0.25, 0.3) is 0 Å². The van der Waals surface area contributed by atoms with Crippen molar-refractivity contribution in [3.8, 4) is 0 Å². The molecule has 0 radical (unpaired) electrons. The van der Waals surface area contributed by atoms with Crippen LogP contribution >= 0.6 is 11.6 Å². The van der Waals surface area contributed by atoms with Gasteiger partial charge in [-0.25, -0.2) is 0 Å². The maximum atomic E-state index is 6.33. The molecule has 2 nitrogen and oxygen atoms in total. The number of rotatable bonds is 3.